The minimum atomic E-state index is -4.54. The third-order valence-corrected chi connectivity index (χ3v) is 3.97. The minimum absolute atomic E-state index is 0.0909. The molecule has 2 aromatic rings. The summed E-state index contributed by atoms with van der Waals surface area (Å²) in [5.74, 6) is -0.484. The second kappa shape index (κ2) is 6.33. The van der Waals surface area contributed by atoms with Gasteiger partial charge in [0.05, 0.1) is 17.2 Å². The van der Waals surface area contributed by atoms with E-state index in [1.807, 2.05) is 0 Å². The van der Waals surface area contributed by atoms with Crippen LogP contribution in [0.5, 0.6) is 0 Å². The molecule has 120 valence electrons. The number of rotatable bonds is 4. The Morgan fingerprint density at radius 2 is 2.18 bits per heavy atom. The van der Waals surface area contributed by atoms with Crippen molar-refractivity contribution in [3.05, 3.63) is 22.8 Å². The molecule has 2 heterocycles. The highest BCUT2D eigenvalue weighted by Gasteiger charge is 2.32. The van der Waals surface area contributed by atoms with Crippen LogP contribution in [-0.2, 0) is 15.7 Å². The van der Waals surface area contributed by atoms with Gasteiger partial charge in [0, 0.05) is 6.20 Å². The third-order valence-electron chi connectivity index (χ3n) is 2.66. The van der Waals surface area contributed by atoms with E-state index in [0.29, 0.717) is 0 Å². The number of thioether (sulfide) groups is 1. The fourth-order valence-corrected chi connectivity index (χ4v) is 2.70. The van der Waals surface area contributed by atoms with Gasteiger partial charge < -0.3 is 4.74 Å². The smallest absolute Gasteiger partial charge is 0.417 e. The van der Waals surface area contributed by atoms with Crippen molar-refractivity contribution in [2.24, 2.45) is 0 Å². The molecule has 22 heavy (non-hydrogen) atoms. The Bertz CT molecular complexity index is 705. The van der Waals surface area contributed by atoms with E-state index in [9.17, 15) is 18.0 Å². The van der Waals surface area contributed by atoms with E-state index in [0.717, 1.165) is 28.4 Å². The van der Waals surface area contributed by atoms with Crippen LogP contribution in [-0.4, -0.2) is 32.4 Å². The average molecular weight is 354 g/mol. The first kappa shape index (κ1) is 16.9. The van der Waals surface area contributed by atoms with Crippen LogP contribution in [0.1, 0.15) is 19.4 Å². The van der Waals surface area contributed by atoms with Gasteiger partial charge in [0.1, 0.15) is 5.25 Å². The summed E-state index contributed by atoms with van der Waals surface area (Å²) in [5.41, 5.74) is -0.830. The van der Waals surface area contributed by atoms with Crippen molar-refractivity contribution in [2.45, 2.75) is 30.4 Å². The molecule has 0 aromatic carbocycles. The SMILES string of the molecule is CCOC(=O)C(C)Sc1nnc2c(Cl)cc(C(F)(F)F)cn12. The van der Waals surface area contributed by atoms with Crippen molar-refractivity contribution in [1.82, 2.24) is 14.6 Å². The first-order valence-electron chi connectivity index (χ1n) is 6.18. The second-order valence-corrected chi connectivity index (χ2v) is 5.98. The van der Waals surface area contributed by atoms with E-state index >= 15 is 0 Å². The highest BCUT2D eigenvalue weighted by Crippen LogP contribution is 2.33. The Balaban J connectivity index is 2.39. The number of hydrogen-bond donors (Lipinski definition) is 0. The van der Waals surface area contributed by atoms with Gasteiger partial charge in [0.15, 0.2) is 10.8 Å². The first-order valence-corrected chi connectivity index (χ1v) is 7.44. The fraction of sp³-hybridized carbons (Fsp3) is 0.417. The van der Waals surface area contributed by atoms with E-state index in [4.69, 9.17) is 16.3 Å². The average Bonchev–Trinajstić information content (AvgIpc) is 2.82. The molecule has 0 radical (unpaired) electrons. The largest absolute Gasteiger partial charge is 0.465 e. The molecule has 1 atom stereocenters. The quantitative estimate of drug-likeness (QED) is 0.622. The fourth-order valence-electron chi connectivity index (χ4n) is 1.63. The lowest BCUT2D eigenvalue weighted by Gasteiger charge is -2.10. The van der Waals surface area contributed by atoms with Crippen molar-refractivity contribution in [2.75, 3.05) is 6.61 Å². The molecule has 0 spiro atoms. The van der Waals surface area contributed by atoms with Crippen LogP contribution in [0.2, 0.25) is 5.02 Å². The van der Waals surface area contributed by atoms with Crippen molar-refractivity contribution >= 4 is 35.0 Å². The molecule has 0 aliphatic heterocycles. The molecule has 0 fully saturated rings. The lowest BCUT2D eigenvalue weighted by atomic mass is 10.3. The van der Waals surface area contributed by atoms with Gasteiger partial charge in [-0.15, -0.1) is 10.2 Å². The van der Waals surface area contributed by atoms with Gasteiger partial charge in [0.2, 0.25) is 0 Å². The molecule has 0 N–H and O–H groups in total. The van der Waals surface area contributed by atoms with Crippen LogP contribution in [0, 0.1) is 0 Å². The standard InChI is InChI=1S/C12H11ClF3N3O2S/c1-3-21-10(20)6(2)22-11-18-17-9-8(13)4-7(5-19(9)11)12(14,15)16/h4-6H,3H2,1-2H3. The normalized spacial score (nSPS) is 13.4. The van der Waals surface area contributed by atoms with Gasteiger partial charge in [-0.3, -0.25) is 9.20 Å². The Labute approximate surface area is 132 Å². The van der Waals surface area contributed by atoms with Crippen LogP contribution in [0.15, 0.2) is 17.4 Å². The van der Waals surface area contributed by atoms with Gasteiger partial charge in [0.25, 0.3) is 0 Å². The molecule has 0 aliphatic carbocycles. The van der Waals surface area contributed by atoms with Crippen molar-refractivity contribution in [3.63, 3.8) is 0 Å². The number of carbonyl (C=O) groups is 1. The van der Waals surface area contributed by atoms with Crippen molar-refractivity contribution in [1.29, 1.82) is 0 Å². The lowest BCUT2D eigenvalue weighted by molar-refractivity contribution is -0.142. The summed E-state index contributed by atoms with van der Waals surface area (Å²) in [5, 5.41) is 6.84. The summed E-state index contributed by atoms with van der Waals surface area (Å²) in [4.78, 5) is 11.6. The highest BCUT2D eigenvalue weighted by molar-refractivity contribution is 8.00. The summed E-state index contributed by atoms with van der Waals surface area (Å²) >= 11 is 6.75. The number of ether oxygens (including phenoxy) is 1. The highest BCUT2D eigenvalue weighted by atomic mass is 35.5. The maximum Gasteiger partial charge on any atom is 0.417 e. The first-order chi connectivity index (χ1) is 10.2. The Morgan fingerprint density at radius 3 is 2.77 bits per heavy atom. The number of halogens is 4. The molecule has 5 nitrogen and oxygen atoms in total. The minimum Gasteiger partial charge on any atom is -0.465 e. The Hall–Kier alpha value is -1.48. The number of carbonyl (C=O) groups excluding carboxylic acids is 1. The predicted molar refractivity (Wildman–Crippen MR) is 75.0 cm³/mol. The number of nitrogens with zero attached hydrogens (tertiary/aromatic N) is 3. The van der Waals surface area contributed by atoms with Gasteiger partial charge in [-0.1, -0.05) is 23.4 Å². The van der Waals surface area contributed by atoms with Gasteiger partial charge in [-0.25, -0.2) is 0 Å². The monoisotopic (exact) mass is 353 g/mol. The van der Waals surface area contributed by atoms with Gasteiger partial charge >= 0.3 is 12.1 Å². The summed E-state index contributed by atoms with van der Waals surface area (Å²) in [6, 6.07) is 0.786. The van der Waals surface area contributed by atoms with Crippen molar-refractivity contribution in [3.8, 4) is 0 Å². The van der Waals surface area contributed by atoms with E-state index in [2.05, 4.69) is 10.2 Å². The van der Waals surface area contributed by atoms with Crippen LogP contribution in [0.25, 0.3) is 5.65 Å². The summed E-state index contributed by atoms with van der Waals surface area (Å²) in [6.45, 7) is 3.45. The van der Waals surface area contributed by atoms with E-state index in [1.54, 1.807) is 13.8 Å². The lowest BCUT2D eigenvalue weighted by Crippen LogP contribution is -2.17. The van der Waals surface area contributed by atoms with Gasteiger partial charge in [-0.2, -0.15) is 13.2 Å². The van der Waals surface area contributed by atoms with E-state index in [1.165, 1.54) is 0 Å². The zero-order valence-electron chi connectivity index (χ0n) is 11.5. The number of hydrogen-bond acceptors (Lipinski definition) is 5. The Kier molecular flexibility index (Phi) is 4.86. The van der Waals surface area contributed by atoms with E-state index < -0.39 is 23.0 Å². The zero-order chi connectivity index (χ0) is 16.5. The molecule has 0 bridgehead atoms. The second-order valence-electron chi connectivity index (χ2n) is 4.26. The third kappa shape index (κ3) is 3.46. The molecule has 10 heteroatoms. The summed E-state index contributed by atoms with van der Waals surface area (Å²) in [7, 11) is 0. The molecule has 2 rings (SSSR count). The number of aromatic nitrogens is 3. The van der Waals surface area contributed by atoms with Crippen molar-refractivity contribution < 1.29 is 22.7 Å². The van der Waals surface area contributed by atoms with Crippen LogP contribution < -0.4 is 0 Å². The van der Waals surface area contributed by atoms with Gasteiger partial charge in [-0.05, 0) is 19.9 Å². The molecular weight excluding hydrogens is 343 g/mol. The molecule has 0 saturated carbocycles. The predicted octanol–water partition coefficient (Wildman–Crippen LogP) is 3.45. The molecular formula is C12H11ClF3N3O2S. The van der Waals surface area contributed by atoms with Crippen LogP contribution >= 0.6 is 23.4 Å². The van der Waals surface area contributed by atoms with Crippen LogP contribution in [0.3, 0.4) is 0 Å². The summed E-state index contributed by atoms with van der Waals surface area (Å²) in [6.07, 6.45) is -3.70. The number of alkyl halides is 3. The number of fused-ring (bicyclic) bond motifs is 1. The summed E-state index contributed by atoms with van der Waals surface area (Å²) < 4.78 is 44.5. The maximum atomic E-state index is 12.8. The van der Waals surface area contributed by atoms with Crippen LogP contribution in [0.4, 0.5) is 13.2 Å². The zero-order valence-corrected chi connectivity index (χ0v) is 13.1. The molecule has 0 aliphatic rings. The Morgan fingerprint density at radius 1 is 1.50 bits per heavy atom. The molecule has 2 aromatic heterocycles. The number of pyridine rings is 1. The van der Waals surface area contributed by atoms with E-state index in [-0.39, 0.29) is 22.4 Å². The topological polar surface area (TPSA) is 56.5 Å². The maximum absolute atomic E-state index is 12.8. The molecule has 1 unspecified atom stereocenters. The molecule has 0 amide bonds. The number of esters is 1. The molecule has 0 saturated heterocycles.